The number of hydrogen-bond acceptors (Lipinski definition) is 13. The van der Waals surface area contributed by atoms with Gasteiger partial charge in [0.1, 0.15) is 17.3 Å². The first-order chi connectivity index (χ1) is 16.8. The van der Waals surface area contributed by atoms with Crippen molar-refractivity contribution in [1.82, 2.24) is 14.6 Å². The van der Waals surface area contributed by atoms with Crippen LogP contribution in [0.25, 0.3) is 0 Å². The summed E-state index contributed by atoms with van der Waals surface area (Å²) in [6.07, 6.45) is -0.214. The van der Waals surface area contributed by atoms with Gasteiger partial charge in [-0.05, 0) is 34.6 Å². The highest BCUT2D eigenvalue weighted by Gasteiger charge is 2.54. The summed E-state index contributed by atoms with van der Waals surface area (Å²) in [5, 5.41) is 7.55. The number of anilines is 1. The molecule has 2 heterocycles. The van der Waals surface area contributed by atoms with Crippen molar-refractivity contribution < 1.29 is 46.5 Å². The van der Waals surface area contributed by atoms with Crippen LogP contribution in [0.5, 0.6) is 0 Å². The first-order valence-electron chi connectivity index (χ1n) is 10.8. The summed E-state index contributed by atoms with van der Waals surface area (Å²) >= 11 is 0.978. The van der Waals surface area contributed by atoms with Crippen molar-refractivity contribution in [3.05, 3.63) is 11.1 Å². The van der Waals surface area contributed by atoms with Crippen LogP contribution in [0.4, 0.5) is 5.13 Å². The molecule has 2 amide bonds. The Bertz CT molecular complexity index is 1200. The lowest BCUT2D eigenvalue weighted by molar-refractivity contribution is -0.179. The molecule has 0 aromatic carbocycles. The molecule has 206 valence electrons. The van der Waals surface area contributed by atoms with Crippen molar-refractivity contribution in [3.8, 4) is 0 Å². The Balaban J connectivity index is 2.30. The largest absolute Gasteiger partial charge is 0.466 e. The molecule has 0 radical (unpaired) electrons. The second-order valence-electron chi connectivity index (χ2n) is 9.37. The van der Waals surface area contributed by atoms with Gasteiger partial charge in [-0.3, -0.25) is 18.9 Å². The fraction of sp³-hybridized carbons (Fsp3) is 0.600. The van der Waals surface area contributed by atoms with Gasteiger partial charge in [0.25, 0.3) is 11.8 Å². The summed E-state index contributed by atoms with van der Waals surface area (Å²) < 4.78 is 42.9. The van der Waals surface area contributed by atoms with Gasteiger partial charge in [0.2, 0.25) is 5.60 Å². The third-order valence-corrected chi connectivity index (χ3v) is 6.28. The van der Waals surface area contributed by atoms with E-state index < -0.39 is 63.1 Å². The van der Waals surface area contributed by atoms with Crippen molar-refractivity contribution in [3.63, 3.8) is 0 Å². The van der Waals surface area contributed by atoms with Crippen LogP contribution in [-0.4, -0.2) is 81.6 Å². The molecular weight excluding hydrogens is 534 g/mol. The van der Waals surface area contributed by atoms with E-state index in [0.29, 0.717) is 0 Å². The molecule has 0 aliphatic carbocycles. The van der Waals surface area contributed by atoms with E-state index in [0.717, 1.165) is 18.3 Å². The Hall–Kier alpha value is -3.31. The summed E-state index contributed by atoms with van der Waals surface area (Å²) in [7, 11) is -4.95. The summed E-state index contributed by atoms with van der Waals surface area (Å²) in [4.78, 5) is 58.4. The minimum atomic E-state index is -4.95. The number of nitrogens with zero attached hydrogens (tertiary/aromatic N) is 3. The molecule has 1 fully saturated rings. The van der Waals surface area contributed by atoms with Gasteiger partial charge in [-0.15, -0.1) is 11.3 Å². The van der Waals surface area contributed by atoms with Gasteiger partial charge in [-0.25, -0.2) is 14.1 Å². The molecule has 1 aromatic rings. The lowest BCUT2D eigenvalue weighted by Gasteiger charge is -2.44. The number of rotatable bonds is 10. The number of nitrogens with one attached hydrogen (secondary N) is 1. The molecule has 2 atom stereocenters. The smallest absolute Gasteiger partial charge is 0.362 e. The number of hydrogen-bond donors (Lipinski definition) is 3. The Kier molecular flexibility index (Phi) is 8.87. The van der Waals surface area contributed by atoms with Crippen LogP contribution in [0, 0.1) is 0 Å². The lowest BCUT2D eigenvalue weighted by atomic mass is 9.95. The summed E-state index contributed by atoms with van der Waals surface area (Å²) in [5.41, 5.74) is 2.67. The Morgan fingerprint density at radius 3 is 2.38 bits per heavy atom. The number of oxime groups is 1. The van der Waals surface area contributed by atoms with Crippen LogP contribution in [0.1, 0.15) is 53.7 Å². The van der Waals surface area contributed by atoms with Crippen molar-refractivity contribution >= 4 is 56.2 Å². The average Bonchev–Trinajstić information content (AvgIpc) is 3.14. The number of nitrogens with two attached hydrogens (primary N) is 1. The van der Waals surface area contributed by atoms with Gasteiger partial charge in [-0.2, -0.15) is 8.42 Å². The van der Waals surface area contributed by atoms with Crippen molar-refractivity contribution in [2.24, 2.45) is 5.16 Å². The van der Waals surface area contributed by atoms with Crippen LogP contribution in [-0.2, 0) is 43.8 Å². The van der Waals surface area contributed by atoms with Gasteiger partial charge in [-0.1, -0.05) is 5.16 Å². The zero-order valence-corrected chi connectivity index (χ0v) is 22.6. The first kappa shape index (κ1) is 29.9. The van der Waals surface area contributed by atoms with E-state index in [-0.39, 0.29) is 28.2 Å². The van der Waals surface area contributed by atoms with E-state index in [4.69, 9.17) is 20.0 Å². The molecule has 1 aliphatic rings. The summed E-state index contributed by atoms with van der Waals surface area (Å²) in [6.45, 7) is 8.54. The van der Waals surface area contributed by atoms with E-state index in [1.54, 1.807) is 20.8 Å². The second-order valence-corrected chi connectivity index (χ2v) is 11.6. The van der Waals surface area contributed by atoms with Crippen molar-refractivity contribution in [2.45, 2.75) is 71.2 Å². The minimum Gasteiger partial charge on any atom is -0.466 e. The number of carbonyl (C=O) groups is 4. The topological polar surface area (TPSA) is 217 Å². The molecule has 2 unspecified atom stereocenters. The molecule has 2 rings (SSSR count). The molecule has 0 bridgehead atoms. The molecule has 1 aromatic heterocycles. The first-order valence-corrected chi connectivity index (χ1v) is 13.1. The number of amides is 2. The van der Waals surface area contributed by atoms with Crippen LogP contribution in [0.15, 0.2) is 10.5 Å². The van der Waals surface area contributed by atoms with Crippen molar-refractivity contribution in [1.29, 1.82) is 0 Å². The molecular formula is C20H29N5O10S2. The minimum absolute atomic E-state index is 0.0464. The number of esters is 2. The maximum atomic E-state index is 13.1. The fourth-order valence-electron chi connectivity index (χ4n) is 2.98. The standard InChI is InChI=1S/C20H29N5O10S2/c1-10(26)33-8-7-12-14(16(28)25(12)37(30,31)32)23-15(27)13(11-9-36-18(21)22-11)24-35-20(5,6)17(29)34-19(2,3)4/h9,12,14H,7-8H2,1-6H3,(H2,21,22)(H,23,27)(H,30,31,32)/b24-13-. The highest BCUT2D eigenvalue weighted by molar-refractivity contribution is 7.84. The number of β-lactam (4-membered cyclic amide) rings is 1. The molecule has 0 saturated carbocycles. The van der Waals surface area contributed by atoms with E-state index >= 15 is 0 Å². The Labute approximate surface area is 217 Å². The molecule has 4 N–H and O–H groups in total. The molecule has 0 spiro atoms. The number of ether oxygens (including phenoxy) is 2. The third kappa shape index (κ3) is 7.83. The highest BCUT2D eigenvalue weighted by Crippen LogP contribution is 2.27. The van der Waals surface area contributed by atoms with Gasteiger partial charge >= 0.3 is 22.2 Å². The molecule has 15 nitrogen and oxygen atoms in total. The Morgan fingerprint density at radius 2 is 1.89 bits per heavy atom. The zero-order valence-electron chi connectivity index (χ0n) is 21.0. The third-order valence-electron chi connectivity index (χ3n) is 4.66. The van der Waals surface area contributed by atoms with Gasteiger partial charge in [0, 0.05) is 18.7 Å². The van der Waals surface area contributed by atoms with Crippen molar-refractivity contribution in [2.75, 3.05) is 12.3 Å². The average molecular weight is 564 g/mol. The van der Waals surface area contributed by atoms with Gasteiger partial charge in [0.05, 0.1) is 12.6 Å². The normalized spacial score (nSPS) is 18.6. The predicted octanol–water partition coefficient (Wildman–Crippen LogP) is 0.0179. The fourth-order valence-corrected chi connectivity index (χ4v) is 4.43. The molecule has 1 aliphatic heterocycles. The van der Waals surface area contributed by atoms with Gasteiger partial charge in [0.15, 0.2) is 10.8 Å². The van der Waals surface area contributed by atoms with E-state index in [1.165, 1.54) is 19.2 Å². The van der Waals surface area contributed by atoms with Gasteiger partial charge < -0.3 is 25.4 Å². The SMILES string of the molecule is CC(=O)OCCC1C(NC(=O)/C(=N\OC(C)(C)C(=O)OC(C)(C)C)c2csc(N)n2)C(=O)N1S(=O)(=O)O. The lowest BCUT2D eigenvalue weighted by Crippen LogP contribution is -2.72. The molecule has 37 heavy (non-hydrogen) atoms. The summed E-state index contributed by atoms with van der Waals surface area (Å²) in [5.74, 6) is -3.57. The summed E-state index contributed by atoms with van der Waals surface area (Å²) in [6, 6.07) is -2.68. The maximum absolute atomic E-state index is 13.1. The molecule has 17 heteroatoms. The number of carbonyl (C=O) groups excluding carboxylic acids is 4. The quantitative estimate of drug-likeness (QED) is 0.113. The zero-order chi connectivity index (χ0) is 28.3. The number of nitrogen functional groups attached to an aromatic ring is 1. The maximum Gasteiger partial charge on any atom is 0.362 e. The second kappa shape index (κ2) is 11.0. The predicted molar refractivity (Wildman–Crippen MR) is 129 cm³/mol. The van der Waals surface area contributed by atoms with Crippen LogP contribution >= 0.6 is 11.3 Å². The van der Waals surface area contributed by atoms with Crippen LogP contribution in [0.2, 0.25) is 0 Å². The molecule has 1 saturated heterocycles. The number of thiazole rings is 1. The van der Waals surface area contributed by atoms with E-state index in [2.05, 4.69) is 15.5 Å². The van der Waals surface area contributed by atoms with Crippen LogP contribution < -0.4 is 11.1 Å². The highest BCUT2D eigenvalue weighted by atomic mass is 32.2. The van der Waals surface area contributed by atoms with E-state index in [9.17, 15) is 32.1 Å². The van der Waals surface area contributed by atoms with E-state index in [1.807, 2.05) is 0 Å². The monoisotopic (exact) mass is 563 g/mol. The number of aromatic nitrogens is 1. The van der Waals surface area contributed by atoms with Crippen LogP contribution in [0.3, 0.4) is 0 Å². The Morgan fingerprint density at radius 1 is 1.27 bits per heavy atom.